The summed E-state index contributed by atoms with van der Waals surface area (Å²) in [6, 6.07) is 9.55. The molecule has 0 bridgehead atoms. The highest BCUT2D eigenvalue weighted by molar-refractivity contribution is 7.89. The summed E-state index contributed by atoms with van der Waals surface area (Å²) in [6.07, 6.45) is 5.24. The summed E-state index contributed by atoms with van der Waals surface area (Å²) in [7, 11) is -3.53. The van der Waals surface area contributed by atoms with Gasteiger partial charge >= 0.3 is 0 Å². The number of pyridine rings is 1. The lowest BCUT2D eigenvalue weighted by Crippen LogP contribution is -2.24. The molecule has 2 heterocycles. The van der Waals surface area contributed by atoms with Gasteiger partial charge in [0.05, 0.1) is 4.90 Å². The van der Waals surface area contributed by atoms with Crippen molar-refractivity contribution in [3.05, 3.63) is 71.9 Å². The Morgan fingerprint density at radius 1 is 1.11 bits per heavy atom. The third-order valence-electron chi connectivity index (χ3n) is 4.10. The minimum atomic E-state index is -3.53. The van der Waals surface area contributed by atoms with Crippen LogP contribution in [0.15, 0.2) is 59.9 Å². The van der Waals surface area contributed by atoms with Crippen LogP contribution in [-0.4, -0.2) is 35.4 Å². The van der Waals surface area contributed by atoms with Crippen molar-refractivity contribution >= 4 is 15.9 Å². The molecule has 0 spiro atoms. The molecule has 146 valence electrons. The maximum absolute atomic E-state index is 12.3. The molecule has 0 aliphatic rings. The van der Waals surface area contributed by atoms with Crippen LogP contribution in [0.4, 0.5) is 0 Å². The Morgan fingerprint density at radius 2 is 1.86 bits per heavy atom. The Morgan fingerprint density at radius 3 is 2.43 bits per heavy atom. The smallest absolute Gasteiger partial charge is 0.251 e. The number of benzene rings is 1. The lowest BCUT2D eigenvalue weighted by Gasteiger charge is -2.08. The molecule has 8 nitrogen and oxygen atoms in total. The predicted octanol–water partition coefficient (Wildman–Crippen LogP) is 1.80. The number of carbonyl (C=O) groups is 1. The summed E-state index contributed by atoms with van der Waals surface area (Å²) >= 11 is 0. The predicted molar refractivity (Wildman–Crippen MR) is 105 cm³/mol. The third-order valence-corrected chi connectivity index (χ3v) is 5.66. The molecule has 0 saturated heterocycles. The van der Waals surface area contributed by atoms with Crippen LogP contribution in [0.2, 0.25) is 0 Å². The van der Waals surface area contributed by atoms with Gasteiger partial charge in [-0.2, -0.15) is 0 Å². The van der Waals surface area contributed by atoms with E-state index in [2.05, 4.69) is 20.0 Å². The van der Waals surface area contributed by atoms with E-state index in [0.717, 1.165) is 17.2 Å². The number of hydrogen-bond donors (Lipinski definition) is 2. The Balaban J connectivity index is 1.62. The summed E-state index contributed by atoms with van der Waals surface area (Å²) in [5.41, 5.74) is 1.23. The number of nitrogens with one attached hydrogen (secondary N) is 2. The van der Waals surface area contributed by atoms with Gasteiger partial charge in [-0.3, -0.25) is 9.36 Å². The molecule has 0 unspecified atom stereocenters. The van der Waals surface area contributed by atoms with E-state index in [-0.39, 0.29) is 10.8 Å². The van der Waals surface area contributed by atoms with Gasteiger partial charge in [-0.1, -0.05) is 13.0 Å². The quantitative estimate of drug-likeness (QED) is 0.630. The molecule has 28 heavy (non-hydrogen) atoms. The number of hydrogen-bond acceptors (Lipinski definition) is 5. The first-order valence-corrected chi connectivity index (χ1v) is 10.2. The molecule has 0 fully saturated rings. The molecule has 0 radical (unpaired) electrons. The van der Waals surface area contributed by atoms with Crippen molar-refractivity contribution < 1.29 is 13.2 Å². The standard InChI is InChI=1S/C19H21N5O3S/c1-3-23-28(26,27)17-7-5-16(6-8-17)19(25)22-13-15-4-9-18(21-12-15)24-11-10-20-14(24)2/h4-12,23H,3,13H2,1-2H3,(H,22,25). The van der Waals surface area contributed by atoms with Crippen LogP contribution in [0, 0.1) is 6.92 Å². The zero-order chi connectivity index (χ0) is 20.1. The second kappa shape index (κ2) is 8.32. The van der Waals surface area contributed by atoms with Gasteiger partial charge in [0.1, 0.15) is 11.6 Å². The normalized spacial score (nSPS) is 11.4. The van der Waals surface area contributed by atoms with Gasteiger partial charge in [-0.05, 0) is 42.8 Å². The van der Waals surface area contributed by atoms with E-state index < -0.39 is 10.0 Å². The minimum Gasteiger partial charge on any atom is -0.348 e. The van der Waals surface area contributed by atoms with Gasteiger partial charge in [0, 0.05) is 37.2 Å². The lowest BCUT2D eigenvalue weighted by atomic mass is 10.2. The van der Waals surface area contributed by atoms with E-state index in [1.807, 2.05) is 29.8 Å². The van der Waals surface area contributed by atoms with Crippen LogP contribution < -0.4 is 10.0 Å². The minimum absolute atomic E-state index is 0.125. The van der Waals surface area contributed by atoms with Crippen molar-refractivity contribution in [1.29, 1.82) is 0 Å². The van der Waals surface area contributed by atoms with Crippen LogP contribution in [0.25, 0.3) is 5.82 Å². The van der Waals surface area contributed by atoms with Gasteiger partial charge in [-0.25, -0.2) is 23.1 Å². The average Bonchev–Trinajstić information content (AvgIpc) is 3.12. The van der Waals surface area contributed by atoms with Crippen LogP contribution in [0.5, 0.6) is 0 Å². The first kappa shape index (κ1) is 19.7. The number of imidazole rings is 1. The number of nitrogens with zero attached hydrogens (tertiary/aromatic N) is 3. The molecule has 2 aromatic heterocycles. The monoisotopic (exact) mass is 399 g/mol. The third kappa shape index (κ3) is 4.44. The van der Waals surface area contributed by atoms with Crippen LogP contribution in [-0.2, 0) is 16.6 Å². The van der Waals surface area contributed by atoms with Crippen LogP contribution in [0.3, 0.4) is 0 Å². The van der Waals surface area contributed by atoms with Crippen molar-refractivity contribution in [3.63, 3.8) is 0 Å². The van der Waals surface area contributed by atoms with E-state index in [0.29, 0.717) is 18.7 Å². The molecule has 2 N–H and O–H groups in total. The zero-order valence-electron chi connectivity index (χ0n) is 15.6. The fourth-order valence-electron chi connectivity index (χ4n) is 2.63. The molecular formula is C19H21N5O3S. The molecule has 1 amide bonds. The number of carbonyl (C=O) groups excluding carboxylic acids is 1. The summed E-state index contributed by atoms with van der Waals surface area (Å²) in [4.78, 5) is 21.0. The topological polar surface area (TPSA) is 106 Å². The van der Waals surface area contributed by atoms with Crippen molar-refractivity contribution in [3.8, 4) is 5.82 Å². The van der Waals surface area contributed by atoms with Gasteiger partial charge in [-0.15, -0.1) is 0 Å². The number of aryl methyl sites for hydroxylation is 1. The van der Waals surface area contributed by atoms with Gasteiger partial charge in [0.25, 0.3) is 5.91 Å². The molecule has 3 aromatic rings. The molecule has 0 aliphatic carbocycles. The van der Waals surface area contributed by atoms with E-state index in [1.54, 1.807) is 19.3 Å². The molecule has 3 rings (SSSR count). The number of sulfonamides is 1. The molecule has 0 atom stereocenters. The number of rotatable bonds is 7. The second-order valence-corrected chi connectivity index (χ2v) is 7.84. The largest absolute Gasteiger partial charge is 0.348 e. The average molecular weight is 399 g/mol. The van der Waals surface area contributed by atoms with Crippen molar-refractivity contribution in [1.82, 2.24) is 24.6 Å². The Hall–Kier alpha value is -3.04. The fourth-order valence-corrected chi connectivity index (χ4v) is 3.67. The maximum atomic E-state index is 12.3. The first-order chi connectivity index (χ1) is 13.4. The van der Waals surface area contributed by atoms with Crippen molar-refractivity contribution in [2.75, 3.05) is 6.54 Å². The second-order valence-electron chi connectivity index (χ2n) is 6.08. The van der Waals surface area contributed by atoms with Crippen LogP contribution >= 0.6 is 0 Å². The molecule has 0 aliphatic heterocycles. The number of amides is 1. The Kier molecular flexibility index (Phi) is 5.86. The summed E-state index contributed by atoms with van der Waals surface area (Å²) in [5, 5.41) is 2.80. The fraction of sp³-hybridized carbons (Fsp3) is 0.211. The van der Waals surface area contributed by atoms with Gasteiger partial charge in [0.2, 0.25) is 10.0 Å². The van der Waals surface area contributed by atoms with Gasteiger partial charge < -0.3 is 5.32 Å². The van der Waals surface area contributed by atoms with E-state index in [4.69, 9.17) is 0 Å². The highest BCUT2D eigenvalue weighted by Crippen LogP contribution is 2.11. The summed E-state index contributed by atoms with van der Waals surface area (Å²) < 4.78 is 28.1. The maximum Gasteiger partial charge on any atom is 0.251 e. The van der Waals surface area contributed by atoms with E-state index in [1.165, 1.54) is 24.3 Å². The highest BCUT2D eigenvalue weighted by Gasteiger charge is 2.13. The van der Waals surface area contributed by atoms with E-state index >= 15 is 0 Å². The lowest BCUT2D eigenvalue weighted by molar-refractivity contribution is 0.0951. The van der Waals surface area contributed by atoms with Crippen molar-refractivity contribution in [2.24, 2.45) is 0 Å². The highest BCUT2D eigenvalue weighted by atomic mass is 32.2. The number of aromatic nitrogens is 3. The first-order valence-electron chi connectivity index (χ1n) is 8.74. The van der Waals surface area contributed by atoms with E-state index in [9.17, 15) is 13.2 Å². The molecule has 9 heteroatoms. The Bertz CT molecular complexity index is 1060. The summed E-state index contributed by atoms with van der Waals surface area (Å²) in [6.45, 7) is 4.21. The Labute approximate surface area is 163 Å². The molecule has 0 saturated carbocycles. The zero-order valence-corrected chi connectivity index (χ0v) is 16.4. The molecule has 1 aromatic carbocycles. The SMILES string of the molecule is CCNS(=O)(=O)c1ccc(C(=O)NCc2ccc(-n3ccnc3C)nc2)cc1. The molecular weight excluding hydrogens is 378 g/mol. The van der Waals surface area contributed by atoms with Crippen molar-refractivity contribution in [2.45, 2.75) is 25.3 Å². The van der Waals surface area contributed by atoms with Gasteiger partial charge in [0.15, 0.2) is 0 Å². The summed E-state index contributed by atoms with van der Waals surface area (Å²) in [5.74, 6) is 1.30. The van der Waals surface area contributed by atoms with Crippen LogP contribution in [0.1, 0.15) is 28.7 Å².